The molecule has 98 valence electrons. The van der Waals surface area contributed by atoms with Gasteiger partial charge in [0.1, 0.15) is 0 Å². The fourth-order valence-corrected chi connectivity index (χ4v) is 2.05. The predicted molar refractivity (Wildman–Crippen MR) is 79.7 cm³/mol. The lowest BCUT2D eigenvalue weighted by molar-refractivity contribution is 0.305. The zero-order valence-corrected chi connectivity index (χ0v) is 12.0. The van der Waals surface area contributed by atoms with Gasteiger partial charge in [-0.25, -0.2) is 0 Å². The van der Waals surface area contributed by atoms with Crippen LogP contribution in [0.4, 0.5) is 0 Å². The van der Waals surface area contributed by atoms with Gasteiger partial charge in [0.15, 0.2) is 0 Å². The Bertz CT molecular complexity index is 391. The quantitative estimate of drug-likeness (QED) is 0.796. The minimum atomic E-state index is 0.130. The maximum atomic E-state index is 8.65. The second-order valence-corrected chi connectivity index (χ2v) is 5.19. The highest BCUT2D eigenvalue weighted by molar-refractivity contribution is 7.98. The summed E-state index contributed by atoms with van der Waals surface area (Å²) in [6.45, 7) is 2.22. The van der Waals surface area contributed by atoms with Crippen molar-refractivity contribution in [3.63, 3.8) is 0 Å². The summed E-state index contributed by atoms with van der Waals surface area (Å²) >= 11 is 1.87. The standard InChI is InChI=1S/C15H21NOS/c1-16(10-12-18-2)13-15-8-6-14(7-9-15)5-3-4-11-17/h6-9,17H,4,10-13H2,1-2H3. The van der Waals surface area contributed by atoms with E-state index in [0.29, 0.717) is 6.42 Å². The van der Waals surface area contributed by atoms with Gasteiger partial charge >= 0.3 is 0 Å². The molecule has 1 aromatic carbocycles. The molecule has 2 nitrogen and oxygen atoms in total. The van der Waals surface area contributed by atoms with Crippen molar-refractivity contribution >= 4 is 11.8 Å². The molecule has 0 unspecified atom stereocenters. The molecular weight excluding hydrogens is 242 g/mol. The first-order valence-corrected chi connectivity index (χ1v) is 7.52. The van der Waals surface area contributed by atoms with Crippen molar-refractivity contribution in [2.75, 3.05) is 32.2 Å². The van der Waals surface area contributed by atoms with Gasteiger partial charge < -0.3 is 10.0 Å². The molecule has 0 aliphatic carbocycles. The number of aliphatic hydroxyl groups excluding tert-OH is 1. The van der Waals surface area contributed by atoms with Gasteiger partial charge in [-0.3, -0.25) is 0 Å². The Balaban J connectivity index is 2.48. The second-order valence-electron chi connectivity index (χ2n) is 4.20. The second kappa shape index (κ2) is 9.04. The molecule has 0 atom stereocenters. The fourth-order valence-electron chi connectivity index (χ4n) is 1.55. The van der Waals surface area contributed by atoms with Crippen LogP contribution in [0.25, 0.3) is 0 Å². The van der Waals surface area contributed by atoms with Crippen molar-refractivity contribution in [1.82, 2.24) is 4.90 Å². The van der Waals surface area contributed by atoms with E-state index in [1.807, 2.05) is 23.9 Å². The average molecular weight is 263 g/mol. The first-order chi connectivity index (χ1) is 8.76. The highest BCUT2D eigenvalue weighted by Gasteiger charge is 1.99. The van der Waals surface area contributed by atoms with Crippen LogP contribution in [-0.2, 0) is 6.54 Å². The highest BCUT2D eigenvalue weighted by atomic mass is 32.2. The summed E-state index contributed by atoms with van der Waals surface area (Å²) in [6.07, 6.45) is 2.67. The summed E-state index contributed by atoms with van der Waals surface area (Å²) in [5.41, 5.74) is 2.32. The lowest BCUT2D eigenvalue weighted by Gasteiger charge is -2.15. The van der Waals surface area contributed by atoms with Gasteiger partial charge in [0.05, 0.1) is 6.61 Å². The number of hydrogen-bond acceptors (Lipinski definition) is 3. The van der Waals surface area contributed by atoms with Crippen molar-refractivity contribution in [2.45, 2.75) is 13.0 Å². The Labute approximate surface area is 114 Å². The van der Waals surface area contributed by atoms with Gasteiger partial charge in [-0.2, -0.15) is 11.8 Å². The Hall–Kier alpha value is -0.950. The van der Waals surface area contributed by atoms with Crippen molar-refractivity contribution in [3.05, 3.63) is 35.4 Å². The van der Waals surface area contributed by atoms with E-state index >= 15 is 0 Å². The molecular formula is C15H21NOS. The van der Waals surface area contributed by atoms with E-state index < -0.39 is 0 Å². The predicted octanol–water partition coefficient (Wildman–Crippen LogP) is 2.22. The van der Waals surface area contributed by atoms with Crippen LogP contribution in [0, 0.1) is 11.8 Å². The number of thioether (sulfide) groups is 1. The molecule has 0 saturated heterocycles. The molecule has 0 fully saturated rings. The minimum absolute atomic E-state index is 0.130. The summed E-state index contributed by atoms with van der Waals surface area (Å²) in [5.74, 6) is 7.13. The SMILES string of the molecule is CSCCN(C)Cc1ccc(C#CCCO)cc1. The van der Waals surface area contributed by atoms with Crippen LogP contribution in [-0.4, -0.2) is 42.2 Å². The van der Waals surface area contributed by atoms with Gasteiger partial charge in [0, 0.05) is 30.8 Å². The van der Waals surface area contributed by atoms with Gasteiger partial charge in [-0.1, -0.05) is 24.0 Å². The third-order valence-corrected chi connectivity index (χ3v) is 3.14. The van der Waals surface area contributed by atoms with E-state index in [4.69, 9.17) is 5.11 Å². The lowest BCUT2D eigenvalue weighted by atomic mass is 10.1. The molecule has 0 heterocycles. The van der Waals surface area contributed by atoms with Crippen LogP contribution < -0.4 is 0 Å². The molecule has 18 heavy (non-hydrogen) atoms. The largest absolute Gasteiger partial charge is 0.395 e. The highest BCUT2D eigenvalue weighted by Crippen LogP contribution is 2.06. The van der Waals surface area contributed by atoms with Crippen LogP contribution >= 0.6 is 11.8 Å². The van der Waals surface area contributed by atoms with E-state index in [0.717, 1.165) is 18.7 Å². The maximum Gasteiger partial charge on any atom is 0.0540 e. The van der Waals surface area contributed by atoms with Gasteiger partial charge in [0.2, 0.25) is 0 Å². The number of benzene rings is 1. The maximum absolute atomic E-state index is 8.65. The first kappa shape index (κ1) is 15.1. The zero-order chi connectivity index (χ0) is 13.2. The molecule has 0 aliphatic heterocycles. The molecule has 3 heteroatoms. The van der Waals surface area contributed by atoms with Crippen LogP contribution in [0.1, 0.15) is 17.5 Å². The Kier molecular flexibility index (Phi) is 7.59. The summed E-state index contributed by atoms with van der Waals surface area (Å²) in [4.78, 5) is 2.32. The van der Waals surface area contributed by atoms with Crippen molar-refractivity contribution < 1.29 is 5.11 Å². The van der Waals surface area contributed by atoms with E-state index in [2.05, 4.69) is 42.2 Å². The number of nitrogens with zero attached hydrogens (tertiary/aromatic N) is 1. The molecule has 1 N–H and O–H groups in total. The van der Waals surface area contributed by atoms with E-state index in [-0.39, 0.29) is 6.61 Å². The first-order valence-electron chi connectivity index (χ1n) is 6.12. The normalized spacial score (nSPS) is 10.2. The molecule has 0 saturated carbocycles. The van der Waals surface area contributed by atoms with Crippen LogP contribution in [0.5, 0.6) is 0 Å². The molecule has 1 aromatic rings. The number of hydrogen-bond donors (Lipinski definition) is 1. The summed E-state index contributed by atoms with van der Waals surface area (Å²) in [6, 6.07) is 8.33. The average Bonchev–Trinajstić information content (AvgIpc) is 2.39. The van der Waals surface area contributed by atoms with Gasteiger partial charge in [0.25, 0.3) is 0 Å². The van der Waals surface area contributed by atoms with Crippen LogP contribution in [0.15, 0.2) is 24.3 Å². The molecule has 1 rings (SSSR count). The van der Waals surface area contributed by atoms with E-state index in [1.54, 1.807) is 0 Å². The number of aliphatic hydroxyl groups is 1. The monoisotopic (exact) mass is 263 g/mol. The number of rotatable bonds is 6. The summed E-state index contributed by atoms with van der Waals surface area (Å²) in [5, 5.41) is 8.65. The topological polar surface area (TPSA) is 23.5 Å². The van der Waals surface area contributed by atoms with E-state index in [1.165, 1.54) is 11.3 Å². The summed E-state index contributed by atoms with van der Waals surface area (Å²) in [7, 11) is 2.14. The summed E-state index contributed by atoms with van der Waals surface area (Å²) < 4.78 is 0. The lowest BCUT2D eigenvalue weighted by Crippen LogP contribution is -2.20. The molecule has 0 aromatic heterocycles. The fraction of sp³-hybridized carbons (Fsp3) is 0.467. The van der Waals surface area contributed by atoms with Crippen molar-refractivity contribution in [1.29, 1.82) is 0 Å². The molecule has 0 amide bonds. The Morgan fingerprint density at radius 2 is 2.00 bits per heavy atom. The smallest absolute Gasteiger partial charge is 0.0540 e. The van der Waals surface area contributed by atoms with Crippen LogP contribution in [0.3, 0.4) is 0 Å². The van der Waals surface area contributed by atoms with E-state index in [9.17, 15) is 0 Å². The molecule has 0 spiro atoms. The molecule has 0 radical (unpaired) electrons. The third kappa shape index (κ3) is 6.11. The van der Waals surface area contributed by atoms with Crippen molar-refractivity contribution in [2.24, 2.45) is 0 Å². The van der Waals surface area contributed by atoms with Gasteiger partial charge in [-0.05, 0) is 31.0 Å². The van der Waals surface area contributed by atoms with Gasteiger partial charge in [-0.15, -0.1) is 0 Å². The zero-order valence-electron chi connectivity index (χ0n) is 11.1. The molecule has 0 bridgehead atoms. The minimum Gasteiger partial charge on any atom is -0.395 e. The molecule has 0 aliphatic rings. The van der Waals surface area contributed by atoms with Crippen molar-refractivity contribution in [3.8, 4) is 11.8 Å². The van der Waals surface area contributed by atoms with Crippen LogP contribution in [0.2, 0.25) is 0 Å². The Morgan fingerprint density at radius 3 is 2.61 bits per heavy atom. The third-order valence-electron chi connectivity index (χ3n) is 2.55. The Morgan fingerprint density at radius 1 is 1.28 bits per heavy atom.